The molecular formula is C42H42P2. The predicted molar refractivity (Wildman–Crippen MR) is 197 cm³/mol. The van der Waals surface area contributed by atoms with Crippen LogP contribution in [-0.2, 0) is 0 Å². The highest BCUT2D eigenvalue weighted by atomic mass is 31.1. The van der Waals surface area contributed by atoms with E-state index in [1.54, 1.807) is 0 Å². The van der Waals surface area contributed by atoms with Gasteiger partial charge in [-0.3, -0.25) is 0 Å². The third-order valence-corrected chi connectivity index (χ3v) is 14.5. The SMILES string of the molecule is CC1=CC(P(c2ccccc2)c2ccccc2)=C(c2c(P(c3ccccc3)c3ccccc3)cc(C)c(C)c2C)C(C)C1C. The van der Waals surface area contributed by atoms with Gasteiger partial charge in [0.05, 0.1) is 0 Å². The zero-order valence-corrected chi connectivity index (χ0v) is 28.5. The molecule has 0 N–H and O–H groups in total. The van der Waals surface area contributed by atoms with Crippen molar-refractivity contribution in [3.8, 4) is 0 Å². The zero-order chi connectivity index (χ0) is 30.8. The Morgan fingerprint density at radius 1 is 0.477 bits per heavy atom. The van der Waals surface area contributed by atoms with Gasteiger partial charge in [-0.1, -0.05) is 153 Å². The van der Waals surface area contributed by atoms with Crippen molar-refractivity contribution in [3.05, 3.63) is 167 Å². The summed E-state index contributed by atoms with van der Waals surface area (Å²) in [5.41, 5.74) is 8.70. The molecule has 5 aromatic carbocycles. The van der Waals surface area contributed by atoms with Gasteiger partial charge in [0.15, 0.2) is 0 Å². The lowest BCUT2D eigenvalue weighted by Gasteiger charge is -2.37. The lowest BCUT2D eigenvalue weighted by Crippen LogP contribution is -2.28. The van der Waals surface area contributed by atoms with Gasteiger partial charge < -0.3 is 0 Å². The smallest absolute Gasteiger partial charge is 0.00700 e. The van der Waals surface area contributed by atoms with Gasteiger partial charge in [0, 0.05) is 0 Å². The minimum Gasteiger partial charge on any atom is -0.0692 e. The van der Waals surface area contributed by atoms with Gasteiger partial charge in [-0.15, -0.1) is 0 Å². The van der Waals surface area contributed by atoms with Crippen LogP contribution in [0.1, 0.15) is 43.0 Å². The van der Waals surface area contributed by atoms with E-state index in [-0.39, 0.29) is 0 Å². The van der Waals surface area contributed by atoms with Crippen LogP contribution in [0.4, 0.5) is 0 Å². The molecule has 0 aliphatic heterocycles. The van der Waals surface area contributed by atoms with Gasteiger partial charge in [0.2, 0.25) is 0 Å². The summed E-state index contributed by atoms with van der Waals surface area (Å²) in [6.07, 6.45) is 2.57. The Hall–Kier alpha value is -3.56. The van der Waals surface area contributed by atoms with Crippen molar-refractivity contribution in [2.45, 2.75) is 41.5 Å². The van der Waals surface area contributed by atoms with E-state index in [1.165, 1.54) is 65.2 Å². The third-order valence-electron chi connectivity index (χ3n) is 9.51. The molecule has 0 heterocycles. The Kier molecular flexibility index (Phi) is 9.14. The first-order valence-corrected chi connectivity index (χ1v) is 18.4. The molecule has 6 rings (SSSR count). The van der Waals surface area contributed by atoms with Crippen LogP contribution in [0.2, 0.25) is 0 Å². The summed E-state index contributed by atoms with van der Waals surface area (Å²) in [7, 11) is -1.54. The van der Waals surface area contributed by atoms with Crippen molar-refractivity contribution in [2.24, 2.45) is 11.8 Å². The molecule has 2 atom stereocenters. The summed E-state index contributed by atoms with van der Waals surface area (Å²) in [6, 6.07) is 47.4. The van der Waals surface area contributed by atoms with Crippen molar-refractivity contribution in [1.29, 1.82) is 0 Å². The monoisotopic (exact) mass is 608 g/mol. The van der Waals surface area contributed by atoms with E-state index in [9.17, 15) is 0 Å². The molecule has 0 spiro atoms. The van der Waals surface area contributed by atoms with Gasteiger partial charge in [-0.05, 0) is 115 Å². The summed E-state index contributed by atoms with van der Waals surface area (Å²) in [6.45, 7) is 14.2. The number of hydrogen-bond donors (Lipinski definition) is 0. The van der Waals surface area contributed by atoms with Gasteiger partial charge in [-0.25, -0.2) is 0 Å². The van der Waals surface area contributed by atoms with E-state index in [0.717, 1.165) is 0 Å². The average molecular weight is 609 g/mol. The second kappa shape index (κ2) is 13.2. The third kappa shape index (κ3) is 5.79. The highest BCUT2D eigenvalue weighted by molar-refractivity contribution is 7.80. The number of allylic oxidation sites excluding steroid dienone is 4. The molecule has 0 saturated carbocycles. The van der Waals surface area contributed by atoms with Crippen LogP contribution in [0.15, 0.2) is 144 Å². The van der Waals surface area contributed by atoms with Crippen molar-refractivity contribution in [1.82, 2.24) is 0 Å². The Labute approximate surface area is 267 Å². The molecule has 0 radical (unpaired) electrons. The fraction of sp³-hybridized carbons (Fsp3) is 0.190. The molecule has 0 amide bonds. The van der Waals surface area contributed by atoms with Crippen LogP contribution in [0.25, 0.3) is 5.57 Å². The second-order valence-electron chi connectivity index (χ2n) is 12.1. The summed E-state index contributed by atoms with van der Waals surface area (Å²) >= 11 is 0. The molecule has 0 bridgehead atoms. The lowest BCUT2D eigenvalue weighted by molar-refractivity contribution is 0.536. The summed E-state index contributed by atoms with van der Waals surface area (Å²) < 4.78 is 0. The maximum absolute atomic E-state index is 2.57. The molecule has 0 nitrogen and oxygen atoms in total. The fourth-order valence-corrected chi connectivity index (χ4v) is 11.9. The molecule has 44 heavy (non-hydrogen) atoms. The molecule has 0 aromatic heterocycles. The Balaban J connectivity index is 1.74. The molecule has 5 aromatic rings. The topological polar surface area (TPSA) is 0 Å². The molecule has 1 aliphatic rings. The normalized spacial score (nSPS) is 16.9. The predicted octanol–water partition coefficient (Wildman–Crippen LogP) is 9.45. The van der Waals surface area contributed by atoms with Crippen LogP contribution < -0.4 is 26.5 Å². The average Bonchev–Trinajstić information content (AvgIpc) is 3.06. The first-order chi connectivity index (χ1) is 21.4. The molecule has 2 unspecified atom stereocenters. The summed E-state index contributed by atoms with van der Waals surface area (Å²) in [5, 5.41) is 8.59. The standard InChI is InChI=1S/C42H42P2/c1-29-27-39(43(35-19-11-7-12-20-35)36-21-13-8-14-22-36)41(33(5)31(29)3)42-34(6)32(4)30(2)28-40(42)44(37-23-15-9-16-24-37)38-25-17-10-18-26-38/h7-28,31,33H,1-6H3. The van der Waals surface area contributed by atoms with Gasteiger partial charge in [0.1, 0.15) is 0 Å². The summed E-state index contributed by atoms with van der Waals surface area (Å²) in [5.74, 6) is 0.848. The Morgan fingerprint density at radius 3 is 1.32 bits per heavy atom. The summed E-state index contributed by atoms with van der Waals surface area (Å²) in [4.78, 5) is 0. The Bertz CT molecular complexity index is 1720. The van der Waals surface area contributed by atoms with Gasteiger partial charge in [-0.2, -0.15) is 0 Å². The quantitative estimate of drug-likeness (QED) is 0.162. The largest absolute Gasteiger partial charge is 0.0692 e. The minimum absolute atomic E-state index is 0.385. The highest BCUT2D eigenvalue weighted by Crippen LogP contribution is 2.55. The maximum Gasteiger partial charge on any atom is -0.00700 e. The highest BCUT2D eigenvalue weighted by Gasteiger charge is 2.35. The lowest BCUT2D eigenvalue weighted by atomic mass is 9.76. The van der Waals surface area contributed by atoms with Crippen LogP contribution in [0.3, 0.4) is 0 Å². The first kappa shape index (κ1) is 30.5. The van der Waals surface area contributed by atoms with E-state index in [2.05, 4.69) is 175 Å². The number of benzene rings is 5. The van der Waals surface area contributed by atoms with Crippen molar-refractivity contribution < 1.29 is 0 Å². The van der Waals surface area contributed by atoms with E-state index >= 15 is 0 Å². The van der Waals surface area contributed by atoms with Crippen LogP contribution in [-0.4, -0.2) is 0 Å². The van der Waals surface area contributed by atoms with Gasteiger partial charge in [0.25, 0.3) is 0 Å². The first-order valence-electron chi connectivity index (χ1n) is 15.7. The van der Waals surface area contributed by atoms with E-state index in [0.29, 0.717) is 11.8 Å². The van der Waals surface area contributed by atoms with E-state index in [1.807, 2.05) is 0 Å². The molecule has 220 valence electrons. The maximum atomic E-state index is 2.57. The Morgan fingerprint density at radius 2 is 0.886 bits per heavy atom. The van der Waals surface area contributed by atoms with E-state index < -0.39 is 15.8 Å². The van der Waals surface area contributed by atoms with E-state index in [4.69, 9.17) is 0 Å². The zero-order valence-electron chi connectivity index (χ0n) is 26.8. The molecule has 0 saturated heterocycles. The van der Waals surface area contributed by atoms with Crippen molar-refractivity contribution >= 4 is 47.9 Å². The molecule has 2 heteroatoms. The number of aryl methyl sites for hydroxylation is 1. The number of rotatable bonds is 7. The fourth-order valence-electron chi connectivity index (χ4n) is 6.58. The number of hydrogen-bond acceptors (Lipinski definition) is 0. The molecule has 0 fully saturated rings. The van der Waals surface area contributed by atoms with Crippen molar-refractivity contribution in [3.63, 3.8) is 0 Å². The minimum atomic E-state index is -0.775. The molecular weight excluding hydrogens is 566 g/mol. The van der Waals surface area contributed by atoms with Crippen LogP contribution in [0, 0.1) is 32.6 Å². The second-order valence-corrected chi connectivity index (χ2v) is 16.5. The molecule has 1 aliphatic carbocycles. The van der Waals surface area contributed by atoms with Crippen molar-refractivity contribution in [2.75, 3.05) is 0 Å². The van der Waals surface area contributed by atoms with Gasteiger partial charge >= 0.3 is 0 Å². The van der Waals surface area contributed by atoms with Crippen LogP contribution in [0.5, 0.6) is 0 Å². The van der Waals surface area contributed by atoms with Crippen LogP contribution >= 0.6 is 15.8 Å².